The van der Waals surface area contributed by atoms with Crippen molar-refractivity contribution < 1.29 is 14.3 Å². The number of hydrogen-bond acceptors (Lipinski definition) is 3. The summed E-state index contributed by atoms with van der Waals surface area (Å²) in [7, 11) is 0. The average Bonchev–Trinajstić information content (AvgIpc) is 2.99. The lowest BCUT2D eigenvalue weighted by atomic mass is 9.37. The largest absolute Gasteiger partial charge is 0.463 e. The molecule has 0 amide bonds. The summed E-state index contributed by atoms with van der Waals surface area (Å²) in [4.78, 5) is 12.7. The van der Waals surface area contributed by atoms with E-state index in [-0.39, 0.29) is 22.9 Å². The van der Waals surface area contributed by atoms with Crippen molar-refractivity contribution >= 4 is 5.97 Å². The van der Waals surface area contributed by atoms with E-state index in [1.807, 2.05) is 6.92 Å². The van der Waals surface area contributed by atoms with Crippen LogP contribution in [0.1, 0.15) is 86.5 Å². The molecule has 3 heteroatoms. The minimum Gasteiger partial charge on any atom is -0.463 e. The minimum atomic E-state index is -0.134. The third-order valence-corrected chi connectivity index (χ3v) is 10.5. The van der Waals surface area contributed by atoms with E-state index < -0.39 is 0 Å². The van der Waals surface area contributed by atoms with Gasteiger partial charge in [-0.3, -0.25) is 0 Å². The molecule has 4 fully saturated rings. The molecule has 3 nitrogen and oxygen atoms in total. The highest BCUT2D eigenvalue weighted by molar-refractivity contribution is 5.91. The Morgan fingerprint density at radius 2 is 1.90 bits per heavy atom. The standard InChI is InChI=1S/C27H40O3/c1-7-29-23(28)17-9-10-20-26(5)14-11-19-24(2,3)12-8-13-25(19,4)21(26)15-22-27(20,6)18(17)16-30-22/h10,19,21-22H,7-9,11-16H2,1-6H3/t19-,21+,22-,25-,26-,27+/m0/s1. The monoisotopic (exact) mass is 412 g/mol. The summed E-state index contributed by atoms with van der Waals surface area (Å²) in [6, 6.07) is 0. The molecule has 0 unspecified atom stereocenters. The Labute approximate surface area is 182 Å². The van der Waals surface area contributed by atoms with Gasteiger partial charge in [-0.2, -0.15) is 0 Å². The van der Waals surface area contributed by atoms with Crippen LogP contribution in [0.3, 0.4) is 0 Å². The summed E-state index contributed by atoms with van der Waals surface area (Å²) in [5.74, 6) is 1.33. The van der Waals surface area contributed by atoms with E-state index in [0.29, 0.717) is 36.4 Å². The Balaban J connectivity index is 1.58. The third kappa shape index (κ3) is 2.45. The van der Waals surface area contributed by atoms with Gasteiger partial charge in [-0.25, -0.2) is 4.79 Å². The SMILES string of the molecule is CCOC(=O)C1=C2CO[C@H]3C[C@@H]4[C@@]5(C)CCCC(C)(C)[C@@H]5CC[C@@]4(C)C(=CC1)[C@@]23C. The van der Waals surface area contributed by atoms with Gasteiger partial charge < -0.3 is 9.47 Å². The first kappa shape index (κ1) is 20.8. The molecular formula is C27H40O3. The maximum atomic E-state index is 12.7. The Morgan fingerprint density at radius 3 is 2.63 bits per heavy atom. The molecule has 1 saturated heterocycles. The third-order valence-electron chi connectivity index (χ3n) is 10.5. The van der Waals surface area contributed by atoms with Crippen LogP contribution in [0.2, 0.25) is 0 Å². The fraction of sp³-hybridized carbons (Fsp3) is 0.815. The number of carbonyl (C=O) groups excluding carboxylic acids is 1. The predicted molar refractivity (Wildman–Crippen MR) is 119 cm³/mol. The predicted octanol–water partition coefficient (Wildman–Crippen LogP) is 6.23. The second-order valence-corrected chi connectivity index (χ2v) is 12.1. The van der Waals surface area contributed by atoms with Gasteiger partial charge in [-0.15, -0.1) is 0 Å². The summed E-state index contributed by atoms with van der Waals surface area (Å²) < 4.78 is 11.9. The van der Waals surface area contributed by atoms with E-state index in [0.717, 1.165) is 17.9 Å². The number of hydrogen-bond donors (Lipinski definition) is 0. The molecule has 166 valence electrons. The zero-order valence-electron chi connectivity index (χ0n) is 19.9. The zero-order chi connectivity index (χ0) is 21.5. The topological polar surface area (TPSA) is 35.5 Å². The zero-order valence-corrected chi connectivity index (χ0v) is 19.9. The molecule has 3 saturated carbocycles. The summed E-state index contributed by atoms with van der Waals surface area (Å²) in [6.07, 6.45) is 11.1. The second-order valence-electron chi connectivity index (χ2n) is 12.1. The van der Waals surface area contributed by atoms with Crippen molar-refractivity contribution in [2.75, 3.05) is 13.2 Å². The first-order chi connectivity index (χ1) is 14.1. The fourth-order valence-electron chi connectivity index (χ4n) is 9.24. The van der Waals surface area contributed by atoms with Crippen LogP contribution in [-0.4, -0.2) is 25.3 Å². The maximum Gasteiger partial charge on any atom is 0.334 e. The van der Waals surface area contributed by atoms with Crippen LogP contribution in [0.25, 0.3) is 0 Å². The molecule has 0 aromatic carbocycles. The number of ether oxygens (including phenoxy) is 2. The highest BCUT2D eigenvalue weighted by Gasteiger charge is 2.67. The number of carbonyl (C=O) groups is 1. The summed E-state index contributed by atoms with van der Waals surface area (Å²) in [5, 5.41) is 0. The van der Waals surface area contributed by atoms with Crippen molar-refractivity contribution in [3.05, 3.63) is 22.8 Å². The lowest BCUT2D eigenvalue weighted by Gasteiger charge is -2.67. The molecule has 0 spiro atoms. The molecule has 0 N–H and O–H groups in total. The Kier molecular flexibility index (Phi) is 4.48. The van der Waals surface area contributed by atoms with Crippen molar-refractivity contribution in [2.45, 2.75) is 92.6 Å². The first-order valence-corrected chi connectivity index (χ1v) is 12.3. The maximum absolute atomic E-state index is 12.7. The normalized spacial score (nSPS) is 46.5. The van der Waals surface area contributed by atoms with Gasteiger partial charge in [0.25, 0.3) is 0 Å². The summed E-state index contributed by atoms with van der Waals surface area (Å²) >= 11 is 0. The quantitative estimate of drug-likeness (QED) is 0.398. The molecule has 6 atom stereocenters. The molecule has 1 aliphatic heterocycles. The molecular weight excluding hydrogens is 372 g/mol. The van der Waals surface area contributed by atoms with Gasteiger partial charge in [-0.05, 0) is 86.0 Å². The van der Waals surface area contributed by atoms with Crippen LogP contribution >= 0.6 is 0 Å². The summed E-state index contributed by atoms with van der Waals surface area (Å²) in [6.45, 7) is 15.5. The van der Waals surface area contributed by atoms with Crippen molar-refractivity contribution in [2.24, 2.45) is 33.5 Å². The van der Waals surface area contributed by atoms with Crippen LogP contribution < -0.4 is 0 Å². The van der Waals surface area contributed by atoms with E-state index in [2.05, 4.69) is 40.7 Å². The van der Waals surface area contributed by atoms with Gasteiger partial charge in [0, 0.05) is 11.0 Å². The molecule has 30 heavy (non-hydrogen) atoms. The number of fused-ring (bicyclic) bond motifs is 4. The lowest BCUT2D eigenvalue weighted by molar-refractivity contribution is -0.154. The molecule has 4 aliphatic carbocycles. The first-order valence-electron chi connectivity index (χ1n) is 12.3. The van der Waals surface area contributed by atoms with E-state index >= 15 is 0 Å². The fourth-order valence-corrected chi connectivity index (χ4v) is 9.24. The minimum absolute atomic E-state index is 0.126. The molecule has 0 bridgehead atoms. The Bertz CT molecular complexity index is 835. The van der Waals surface area contributed by atoms with Gasteiger partial charge in [0.15, 0.2) is 0 Å². The molecule has 0 radical (unpaired) electrons. The highest BCUT2D eigenvalue weighted by Crippen LogP contribution is 2.73. The summed E-state index contributed by atoms with van der Waals surface area (Å²) in [5.41, 5.74) is 4.58. The smallest absolute Gasteiger partial charge is 0.334 e. The average molecular weight is 413 g/mol. The van der Waals surface area contributed by atoms with E-state index in [1.165, 1.54) is 37.7 Å². The Morgan fingerprint density at radius 1 is 1.13 bits per heavy atom. The van der Waals surface area contributed by atoms with Crippen molar-refractivity contribution in [3.63, 3.8) is 0 Å². The van der Waals surface area contributed by atoms with Crippen molar-refractivity contribution in [1.82, 2.24) is 0 Å². The molecule has 5 rings (SSSR count). The molecule has 0 aromatic heterocycles. The second kappa shape index (κ2) is 6.47. The van der Waals surface area contributed by atoms with Crippen LogP contribution in [0.4, 0.5) is 0 Å². The molecule has 1 heterocycles. The van der Waals surface area contributed by atoms with Gasteiger partial charge in [0.1, 0.15) is 0 Å². The van der Waals surface area contributed by atoms with Crippen LogP contribution in [-0.2, 0) is 14.3 Å². The molecule has 0 aromatic rings. The highest BCUT2D eigenvalue weighted by atomic mass is 16.5. The number of esters is 1. The van der Waals surface area contributed by atoms with Gasteiger partial charge in [-0.1, -0.05) is 45.8 Å². The van der Waals surface area contributed by atoms with Gasteiger partial charge in [0.2, 0.25) is 0 Å². The van der Waals surface area contributed by atoms with Crippen LogP contribution in [0.5, 0.6) is 0 Å². The van der Waals surface area contributed by atoms with E-state index in [1.54, 1.807) is 5.57 Å². The van der Waals surface area contributed by atoms with Crippen LogP contribution in [0.15, 0.2) is 22.8 Å². The molecule has 5 aliphatic rings. The van der Waals surface area contributed by atoms with E-state index in [4.69, 9.17) is 9.47 Å². The van der Waals surface area contributed by atoms with E-state index in [9.17, 15) is 4.79 Å². The van der Waals surface area contributed by atoms with Crippen molar-refractivity contribution in [1.29, 1.82) is 0 Å². The van der Waals surface area contributed by atoms with Crippen molar-refractivity contribution in [3.8, 4) is 0 Å². The lowest BCUT2D eigenvalue weighted by Crippen LogP contribution is -2.61. The number of rotatable bonds is 2. The van der Waals surface area contributed by atoms with Crippen LogP contribution in [0, 0.1) is 33.5 Å². The van der Waals surface area contributed by atoms with Gasteiger partial charge >= 0.3 is 5.97 Å². The Hall–Kier alpha value is -1.09. The van der Waals surface area contributed by atoms with Gasteiger partial charge in [0.05, 0.1) is 19.3 Å². The number of allylic oxidation sites excluding steroid dienone is 1.